The fraction of sp³-hybridized carbons (Fsp3) is 0.381. The van der Waals surface area contributed by atoms with Crippen LogP contribution in [-0.4, -0.2) is 53.5 Å². The summed E-state index contributed by atoms with van der Waals surface area (Å²) < 4.78 is 19.6. The van der Waals surface area contributed by atoms with E-state index in [4.69, 9.17) is 4.74 Å². The highest BCUT2D eigenvalue weighted by atomic mass is 19.1. The Morgan fingerprint density at radius 2 is 2.03 bits per heavy atom. The molecule has 8 heteroatoms. The molecule has 2 saturated heterocycles. The quantitative estimate of drug-likeness (QED) is 0.836. The predicted molar refractivity (Wildman–Crippen MR) is 104 cm³/mol. The van der Waals surface area contributed by atoms with Gasteiger partial charge in [0, 0.05) is 17.9 Å². The number of aryl methyl sites for hydroxylation is 1. The van der Waals surface area contributed by atoms with E-state index in [1.807, 2.05) is 0 Å². The molecule has 1 aromatic heterocycles. The molecule has 1 atom stereocenters. The number of benzene rings is 1. The van der Waals surface area contributed by atoms with Crippen LogP contribution in [0, 0.1) is 12.7 Å². The maximum absolute atomic E-state index is 13.7. The molecule has 0 bridgehead atoms. The van der Waals surface area contributed by atoms with Gasteiger partial charge in [-0.05, 0) is 50.1 Å². The van der Waals surface area contributed by atoms with Gasteiger partial charge >= 0.3 is 0 Å². The molecule has 0 saturated carbocycles. The zero-order valence-electron chi connectivity index (χ0n) is 16.1. The third-order valence-electron chi connectivity index (χ3n) is 5.48. The number of nitrogens with one attached hydrogen (secondary N) is 1. The number of halogens is 1. The Labute approximate surface area is 167 Å². The first kappa shape index (κ1) is 19.3. The number of piperidine rings is 1. The minimum Gasteiger partial charge on any atom is -0.361 e. The molecule has 0 radical (unpaired) electrons. The number of pyridine rings is 1. The number of rotatable bonds is 2. The van der Waals surface area contributed by atoms with Crippen molar-refractivity contribution < 1.29 is 18.7 Å². The Balaban J connectivity index is 1.57. The van der Waals surface area contributed by atoms with Crippen LogP contribution in [0.25, 0.3) is 0 Å². The molecule has 2 fully saturated rings. The van der Waals surface area contributed by atoms with Crippen molar-refractivity contribution in [2.75, 3.05) is 31.1 Å². The predicted octanol–water partition coefficient (Wildman–Crippen LogP) is 1.86. The van der Waals surface area contributed by atoms with Crippen molar-refractivity contribution in [2.24, 2.45) is 0 Å². The monoisotopic (exact) mass is 399 g/mol. The number of aromatic nitrogens is 1. The molecule has 1 aromatic carbocycles. The highest BCUT2D eigenvalue weighted by Gasteiger charge is 2.44. The summed E-state index contributed by atoms with van der Waals surface area (Å²) in [4.78, 5) is 43.3. The Kier molecular flexibility index (Phi) is 4.96. The number of likely N-dealkylation sites (tertiary alicyclic amines) is 1. The van der Waals surface area contributed by atoms with E-state index in [1.165, 1.54) is 23.1 Å². The highest BCUT2D eigenvalue weighted by Crippen LogP contribution is 2.32. The number of hydrogen-bond acceptors (Lipinski definition) is 4. The molecule has 29 heavy (non-hydrogen) atoms. The number of nitrogens with zero attached hydrogens (tertiary/aromatic N) is 2. The average Bonchev–Trinajstić information content (AvgIpc) is 2.70. The first-order valence-corrected chi connectivity index (χ1v) is 9.56. The summed E-state index contributed by atoms with van der Waals surface area (Å²) in [6.45, 7) is 2.61. The second-order valence-corrected chi connectivity index (χ2v) is 7.65. The van der Waals surface area contributed by atoms with Crippen LogP contribution in [0.1, 0.15) is 28.9 Å². The minimum atomic E-state index is -0.744. The maximum atomic E-state index is 13.7. The molecule has 2 amide bonds. The van der Waals surface area contributed by atoms with Crippen LogP contribution < -0.4 is 10.5 Å². The Hall–Kier alpha value is -3.00. The van der Waals surface area contributed by atoms with Gasteiger partial charge in [-0.25, -0.2) is 4.39 Å². The van der Waals surface area contributed by atoms with Gasteiger partial charge < -0.3 is 19.5 Å². The van der Waals surface area contributed by atoms with E-state index < -0.39 is 17.0 Å². The van der Waals surface area contributed by atoms with Gasteiger partial charge in [0.25, 0.3) is 17.4 Å². The normalized spacial score (nSPS) is 22.2. The van der Waals surface area contributed by atoms with Crippen LogP contribution in [0.15, 0.2) is 41.2 Å². The number of aromatic amines is 1. The zero-order chi connectivity index (χ0) is 20.6. The third-order valence-corrected chi connectivity index (χ3v) is 5.48. The average molecular weight is 399 g/mol. The number of carbonyl (C=O) groups excluding carboxylic acids is 2. The van der Waals surface area contributed by atoms with Gasteiger partial charge in [-0.15, -0.1) is 0 Å². The maximum Gasteiger partial charge on any atom is 0.260 e. The van der Waals surface area contributed by atoms with Crippen molar-refractivity contribution in [3.05, 3.63) is 63.8 Å². The van der Waals surface area contributed by atoms with Gasteiger partial charge in [-0.1, -0.05) is 6.07 Å². The van der Waals surface area contributed by atoms with Gasteiger partial charge in [0.1, 0.15) is 23.6 Å². The van der Waals surface area contributed by atoms with Crippen molar-refractivity contribution in [1.29, 1.82) is 0 Å². The summed E-state index contributed by atoms with van der Waals surface area (Å²) in [5, 5.41) is 0. The van der Waals surface area contributed by atoms with E-state index in [0.29, 0.717) is 30.8 Å². The lowest BCUT2D eigenvalue weighted by molar-refractivity contribution is -0.144. The summed E-state index contributed by atoms with van der Waals surface area (Å²) in [5.74, 6) is -1.03. The number of ether oxygens (including phenoxy) is 1. The van der Waals surface area contributed by atoms with Crippen LogP contribution >= 0.6 is 0 Å². The molecule has 2 aliphatic heterocycles. The van der Waals surface area contributed by atoms with Crippen molar-refractivity contribution in [3.63, 3.8) is 0 Å². The zero-order valence-corrected chi connectivity index (χ0v) is 16.1. The van der Waals surface area contributed by atoms with Gasteiger partial charge in [0.2, 0.25) is 0 Å². The summed E-state index contributed by atoms with van der Waals surface area (Å²) in [6, 6.07) is 9.09. The van der Waals surface area contributed by atoms with Crippen LogP contribution in [-0.2, 0) is 9.53 Å². The molecule has 3 heterocycles. The number of anilines is 1. The lowest BCUT2D eigenvalue weighted by atomic mass is 9.90. The molecule has 2 aliphatic rings. The molecule has 7 nitrogen and oxygen atoms in total. The molecule has 2 aromatic rings. The second kappa shape index (κ2) is 7.44. The summed E-state index contributed by atoms with van der Waals surface area (Å²) in [7, 11) is 0. The van der Waals surface area contributed by atoms with Gasteiger partial charge in [-0.3, -0.25) is 14.4 Å². The molecule has 1 spiro atoms. The highest BCUT2D eigenvalue weighted by molar-refractivity contribution is 5.96. The number of amides is 2. The standard InChI is InChI=1S/C21H22FN3O4/c1-14-6-7-17(19(27)23-14)20(28)24-9-3-8-21(12-24)13-25(18(26)11-29-21)16-5-2-4-15(22)10-16/h2,4-7,10H,3,8-9,11-13H2,1H3,(H,23,27). The Bertz CT molecular complexity index is 1020. The SMILES string of the molecule is Cc1ccc(C(=O)N2CCCC3(C2)CN(c2cccc(F)c2)C(=O)CO3)c(=O)[nH]1. The first-order chi connectivity index (χ1) is 13.9. The molecular weight excluding hydrogens is 377 g/mol. The smallest absolute Gasteiger partial charge is 0.260 e. The summed E-state index contributed by atoms with van der Waals surface area (Å²) in [6.07, 6.45) is 1.35. The van der Waals surface area contributed by atoms with Crippen LogP contribution in [0.5, 0.6) is 0 Å². The van der Waals surface area contributed by atoms with E-state index in [1.54, 1.807) is 30.0 Å². The summed E-state index contributed by atoms with van der Waals surface area (Å²) >= 11 is 0. The fourth-order valence-electron chi connectivity index (χ4n) is 4.02. The van der Waals surface area contributed by atoms with Crippen LogP contribution in [0.4, 0.5) is 10.1 Å². The lowest BCUT2D eigenvalue weighted by Gasteiger charge is -2.47. The molecular formula is C21H22FN3O4. The van der Waals surface area contributed by atoms with E-state index in [9.17, 15) is 18.8 Å². The van der Waals surface area contributed by atoms with E-state index in [0.717, 1.165) is 0 Å². The van der Waals surface area contributed by atoms with Crippen molar-refractivity contribution >= 4 is 17.5 Å². The lowest BCUT2D eigenvalue weighted by Crippen LogP contribution is -2.62. The molecule has 4 rings (SSSR count). The van der Waals surface area contributed by atoms with E-state index in [-0.39, 0.29) is 37.1 Å². The number of carbonyl (C=O) groups is 2. The number of morpholine rings is 1. The van der Waals surface area contributed by atoms with Crippen molar-refractivity contribution in [2.45, 2.75) is 25.4 Å². The minimum absolute atomic E-state index is 0.0847. The Morgan fingerprint density at radius 1 is 1.21 bits per heavy atom. The Morgan fingerprint density at radius 3 is 2.79 bits per heavy atom. The first-order valence-electron chi connectivity index (χ1n) is 9.56. The number of H-pyrrole nitrogens is 1. The topological polar surface area (TPSA) is 82.7 Å². The van der Waals surface area contributed by atoms with Crippen molar-refractivity contribution in [1.82, 2.24) is 9.88 Å². The van der Waals surface area contributed by atoms with Crippen LogP contribution in [0.3, 0.4) is 0 Å². The molecule has 0 aliphatic carbocycles. The molecule has 1 N–H and O–H groups in total. The van der Waals surface area contributed by atoms with Gasteiger partial charge in [-0.2, -0.15) is 0 Å². The van der Waals surface area contributed by atoms with Crippen molar-refractivity contribution in [3.8, 4) is 0 Å². The third kappa shape index (κ3) is 3.80. The van der Waals surface area contributed by atoms with Gasteiger partial charge in [0.05, 0.1) is 13.1 Å². The van der Waals surface area contributed by atoms with E-state index >= 15 is 0 Å². The molecule has 1 unspecified atom stereocenters. The largest absolute Gasteiger partial charge is 0.361 e. The van der Waals surface area contributed by atoms with Gasteiger partial charge in [0.15, 0.2) is 0 Å². The number of hydrogen-bond donors (Lipinski definition) is 1. The van der Waals surface area contributed by atoms with Crippen LogP contribution in [0.2, 0.25) is 0 Å². The summed E-state index contributed by atoms with van der Waals surface area (Å²) in [5.41, 5.74) is 0.0703. The van der Waals surface area contributed by atoms with E-state index in [2.05, 4.69) is 4.98 Å². The second-order valence-electron chi connectivity index (χ2n) is 7.65. The molecule has 152 valence electrons. The fourth-order valence-corrected chi connectivity index (χ4v) is 4.02.